The van der Waals surface area contributed by atoms with Gasteiger partial charge in [0.25, 0.3) is 0 Å². The van der Waals surface area contributed by atoms with E-state index in [0.717, 1.165) is 11.3 Å². The third-order valence-corrected chi connectivity index (χ3v) is 6.55. The predicted molar refractivity (Wildman–Crippen MR) is 111 cm³/mol. The van der Waals surface area contributed by atoms with Crippen LogP contribution in [0.5, 0.6) is 5.75 Å². The number of thiophene rings is 1. The zero-order valence-corrected chi connectivity index (χ0v) is 18.0. The van der Waals surface area contributed by atoms with Crippen molar-refractivity contribution < 1.29 is 23.4 Å². The van der Waals surface area contributed by atoms with Crippen molar-refractivity contribution >= 4 is 37.5 Å². The lowest BCUT2D eigenvalue weighted by molar-refractivity contribution is -0.271. The molecule has 0 spiro atoms. The Kier molecular flexibility index (Phi) is 5.61. The van der Waals surface area contributed by atoms with Gasteiger partial charge in [-0.2, -0.15) is 13.2 Å². The lowest BCUT2D eigenvalue weighted by Crippen LogP contribution is -2.52. The Morgan fingerprint density at radius 1 is 1.17 bits per heavy atom. The standard InChI is InChI=1S/C20H19BrF3NO3S/c1-18(2,12-4-3-5-13(21)16(12)27)10-19(28,20(22,23)24)11-25-8-6-15(26)17-14(25)7-9-29-17/h3-9,27-28H,10-11H2,1-2H3. The van der Waals surface area contributed by atoms with Gasteiger partial charge in [0, 0.05) is 17.8 Å². The van der Waals surface area contributed by atoms with Gasteiger partial charge >= 0.3 is 6.18 Å². The molecule has 0 aliphatic heterocycles. The van der Waals surface area contributed by atoms with E-state index in [2.05, 4.69) is 15.9 Å². The number of rotatable bonds is 5. The van der Waals surface area contributed by atoms with Crippen LogP contribution in [-0.2, 0) is 12.0 Å². The van der Waals surface area contributed by atoms with E-state index in [1.165, 1.54) is 36.7 Å². The summed E-state index contributed by atoms with van der Waals surface area (Å²) in [6, 6.07) is 7.49. The zero-order valence-electron chi connectivity index (χ0n) is 15.6. The summed E-state index contributed by atoms with van der Waals surface area (Å²) in [7, 11) is 0. The Labute approximate surface area is 177 Å². The van der Waals surface area contributed by atoms with E-state index in [-0.39, 0.29) is 16.7 Å². The number of aromatic hydroxyl groups is 1. The third-order valence-electron chi connectivity index (χ3n) is 4.99. The van der Waals surface area contributed by atoms with Crippen LogP contribution in [0.3, 0.4) is 0 Å². The number of aliphatic hydroxyl groups is 1. The maximum absolute atomic E-state index is 14.0. The van der Waals surface area contributed by atoms with Gasteiger partial charge in [0.05, 0.1) is 21.2 Å². The minimum absolute atomic E-state index is 0.161. The molecule has 4 nitrogen and oxygen atoms in total. The van der Waals surface area contributed by atoms with Gasteiger partial charge < -0.3 is 14.8 Å². The second-order valence-electron chi connectivity index (χ2n) is 7.67. The molecule has 1 aromatic carbocycles. The first-order valence-electron chi connectivity index (χ1n) is 8.69. The monoisotopic (exact) mass is 489 g/mol. The average molecular weight is 490 g/mol. The fourth-order valence-electron chi connectivity index (χ4n) is 3.58. The first-order chi connectivity index (χ1) is 13.4. The summed E-state index contributed by atoms with van der Waals surface area (Å²) in [5.74, 6) is -0.161. The van der Waals surface area contributed by atoms with Gasteiger partial charge in [0.2, 0.25) is 0 Å². The van der Waals surface area contributed by atoms with Gasteiger partial charge in [-0.05, 0) is 45.3 Å². The van der Waals surface area contributed by atoms with Crippen molar-refractivity contribution in [1.29, 1.82) is 0 Å². The number of halogens is 4. The summed E-state index contributed by atoms with van der Waals surface area (Å²) in [4.78, 5) is 11.9. The van der Waals surface area contributed by atoms with Gasteiger partial charge in [0.15, 0.2) is 11.0 Å². The Balaban J connectivity index is 2.05. The van der Waals surface area contributed by atoms with Crippen LogP contribution in [-0.4, -0.2) is 26.6 Å². The molecular weight excluding hydrogens is 471 g/mol. The number of alkyl halides is 3. The number of phenols is 1. The summed E-state index contributed by atoms with van der Waals surface area (Å²) >= 11 is 4.31. The van der Waals surface area contributed by atoms with Crippen LogP contribution in [0, 0.1) is 0 Å². The van der Waals surface area contributed by atoms with Gasteiger partial charge in [-0.15, -0.1) is 11.3 Å². The molecule has 9 heteroatoms. The van der Waals surface area contributed by atoms with Crippen LogP contribution in [0.4, 0.5) is 13.2 Å². The van der Waals surface area contributed by atoms with Gasteiger partial charge in [0.1, 0.15) is 5.75 Å². The fourth-order valence-corrected chi connectivity index (χ4v) is 4.77. The van der Waals surface area contributed by atoms with Crippen molar-refractivity contribution in [3.63, 3.8) is 0 Å². The van der Waals surface area contributed by atoms with Crippen molar-refractivity contribution in [2.75, 3.05) is 0 Å². The van der Waals surface area contributed by atoms with Crippen molar-refractivity contribution in [2.24, 2.45) is 0 Å². The molecule has 0 aliphatic carbocycles. The van der Waals surface area contributed by atoms with Crippen LogP contribution in [0.2, 0.25) is 0 Å². The van der Waals surface area contributed by atoms with Crippen LogP contribution in [0.15, 0.2) is 51.2 Å². The quantitative estimate of drug-likeness (QED) is 0.518. The lowest BCUT2D eigenvalue weighted by atomic mass is 9.74. The van der Waals surface area contributed by atoms with Gasteiger partial charge in [-0.25, -0.2) is 0 Å². The Bertz CT molecular complexity index is 1110. The minimum atomic E-state index is -4.93. The van der Waals surface area contributed by atoms with Crippen molar-refractivity contribution in [3.8, 4) is 5.75 Å². The second-order valence-corrected chi connectivity index (χ2v) is 9.44. The van der Waals surface area contributed by atoms with E-state index in [9.17, 15) is 28.2 Å². The first kappa shape index (κ1) is 21.9. The number of phenolic OH excluding ortho intramolecular Hbond substituents is 1. The molecular formula is C20H19BrF3NO3S. The molecule has 2 heterocycles. The molecule has 1 atom stereocenters. The maximum Gasteiger partial charge on any atom is 0.418 e. The number of hydrogen-bond donors (Lipinski definition) is 2. The number of fused-ring (bicyclic) bond motifs is 1. The smallest absolute Gasteiger partial charge is 0.418 e. The van der Waals surface area contributed by atoms with Gasteiger partial charge in [-0.1, -0.05) is 26.0 Å². The summed E-state index contributed by atoms with van der Waals surface area (Å²) in [5, 5.41) is 22.8. The van der Waals surface area contributed by atoms with Crippen molar-refractivity contribution in [2.45, 2.75) is 44.0 Å². The van der Waals surface area contributed by atoms with Crippen LogP contribution < -0.4 is 5.43 Å². The highest BCUT2D eigenvalue weighted by atomic mass is 79.9. The molecule has 3 rings (SSSR count). The molecule has 156 valence electrons. The first-order valence-corrected chi connectivity index (χ1v) is 10.4. The van der Waals surface area contributed by atoms with E-state index >= 15 is 0 Å². The molecule has 29 heavy (non-hydrogen) atoms. The molecule has 0 amide bonds. The van der Waals surface area contributed by atoms with Crippen LogP contribution >= 0.6 is 27.3 Å². The third kappa shape index (κ3) is 4.08. The summed E-state index contributed by atoms with van der Waals surface area (Å²) in [5.41, 5.74) is -3.94. The molecule has 3 aromatic rings. The SMILES string of the molecule is CC(C)(CC(O)(Cn1ccc(=O)c2sccc21)C(F)(F)F)c1cccc(Br)c1O. The predicted octanol–water partition coefficient (Wildman–Crippen LogP) is 5.19. The van der Waals surface area contributed by atoms with E-state index < -0.39 is 30.2 Å². The molecule has 0 bridgehead atoms. The highest BCUT2D eigenvalue weighted by Crippen LogP contribution is 2.45. The number of hydrogen-bond acceptors (Lipinski definition) is 4. The molecule has 1 unspecified atom stereocenters. The Hall–Kier alpha value is -1.84. The summed E-state index contributed by atoms with van der Waals surface area (Å²) in [6.07, 6.45) is -4.36. The molecule has 0 aliphatic rings. The number of para-hydroxylation sites is 1. The molecule has 2 N–H and O–H groups in total. The number of aromatic nitrogens is 1. The number of pyridine rings is 1. The molecule has 2 aromatic heterocycles. The maximum atomic E-state index is 14.0. The number of benzene rings is 1. The fraction of sp³-hybridized carbons (Fsp3) is 0.350. The lowest BCUT2D eigenvalue weighted by Gasteiger charge is -2.38. The Morgan fingerprint density at radius 2 is 1.86 bits per heavy atom. The topological polar surface area (TPSA) is 62.5 Å². The van der Waals surface area contributed by atoms with Crippen LogP contribution in [0.1, 0.15) is 25.8 Å². The normalized spacial score (nSPS) is 14.9. The van der Waals surface area contributed by atoms with E-state index in [0.29, 0.717) is 14.7 Å². The highest BCUT2D eigenvalue weighted by molar-refractivity contribution is 9.10. The number of nitrogens with zero attached hydrogens (tertiary/aromatic N) is 1. The highest BCUT2D eigenvalue weighted by Gasteiger charge is 2.56. The second kappa shape index (κ2) is 7.45. The van der Waals surface area contributed by atoms with E-state index in [1.807, 2.05) is 0 Å². The van der Waals surface area contributed by atoms with Crippen molar-refractivity contribution in [3.05, 3.63) is 62.2 Å². The Morgan fingerprint density at radius 3 is 2.52 bits per heavy atom. The molecule has 0 fully saturated rings. The van der Waals surface area contributed by atoms with Crippen molar-refractivity contribution in [1.82, 2.24) is 4.57 Å². The zero-order chi connectivity index (χ0) is 21.6. The van der Waals surface area contributed by atoms with E-state index in [4.69, 9.17) is 0 Å². The largest absolute Gasteiger partial charge is 0.506 e. The molecule has 0 saturated carbocycles. The average Bonchev–Trinajstić information content (AvgIpc) is 3.09. The van der Waals surface area contributed by atoms with E-state index in [1.54, 1.807) is 23.6 Å². The summed E-state index contributed by atoms with van der Waals surface area (Å²) in [6.45, 7) is 2.30. The van der Waals surface area contributed by atoms with Gasteiger partial charge in [-0.3, -0.25) is 4.79 Å². The molecule has 0 saturated heterocycles. The van der Waals surface area contributed by atoms with Crippen LogP contribution in [0.25, 0.3) is 10.2 Å². The molecule has 0 radical (unpaired) electrons. The minimum Gasteiger partial charge on any atom is -0.506 e. The summed E-state index contributed by atoms with van der Waals surface area (Å²) < 4.78 is 44.0.